The minimum Gasteiger partial charge on any atom is -0.355 e. The summed E-state index contributed by atoms with van der Waals surface area (Å²) >= 11 is 0. The predicted octanol–water partition coefficient (Wildman–Crippen LogP) is 1.64. The number of hydrazine groups is 1. The molecule has 1 unspecified atom stereocenters. The van der Waals surface area contributed by atoms with Crippen molar-refractivity contribution in [1.82, 2.24) is 19.8 Å². The third kappa shape index (κ3) is 2.97. The lowest BCUT2D eigenvalue weighted by Gasteiger charge is -2.45. The van der Waals surface area contributed by atoms with Gasteiger partial charge in [-0.3, -0.25) is 9.91 Å². The molecule has 1 atom stereocenters. The molecule has 2 N–H and O–H groups in total. The smallest absolute Gasteiger partial charge is 0.344 e. The van der Waals surface area contributed by atoms with E-state index in [9.17, 15) is 10.1 Å². The van der Waals surface area contributed by atoms with Crippen LogP contribution >= 0.6 is 0 Å². The van der Waals surface area contributed by atoms with Gasteiger partial charge in [-0.05, 0) is 30.9 Å². The van der Waals surface area contributed by atoms with E-state index in [4.69, 9.17) is 5.73 Å². The minimum atomic E-state index is -0.0214. The van der Waals surface area contributed by atoms with Crippen LogP contribution in [0.15, 0.2) is 36.3 Å². The van der Waals surface area contributed by atoms with Crippen molar-refractivity contribution in [2.45, 2.75) is 31.8 Å². The van der Waals surface area contributed by atoms with E-state index in [1.165, 1.54) is 0 Å². The van der Waals surface area contributed by atoms with E-state index >= 15 is 0 Å². The van der Waals surface area contributed by atoms with Gasteiger partial charge in [-0.25, -0.2) is 9.80 Å². The normalized spacial score (nSPS) is 23.0. The topological polar surface area (TPSA) is 79.8 Å². The fraction of sp³-hybridized carbons (Fsp3) is 0.474. The number of hydrogen-bond acceptors (Lipinski definition) is 5. The van der Waals surface area contributed by atoms with Gasteiger partial charge in [-0.1, -0.05) is 18.2 Å². The van der Waals surface area contributed by atoms with Crippen LogP contribution in [0.5, 0.6) is 0 Å². The first-order valence-electron chi connectivity index (χ1n) is 9.23. The zero-order valence-electron chi connectivity index (χ0n) is 14.8. The predicted molar refractivity (Wildman–Crippen MR) is 97.0 cm³/mol. The van der Waals surface area contributed by atoms with Gasteiger partial charge in [0.15, 0.2) is 0 Å². The lowest BCUT2D eigenvalue weighted by Crippen LogP contribution is -2.55. The molecular weight excluding hydrogens is 328 g/mol. The van der Waals surface area contributed by atoms with Crippen LogP contribution in [0.1, 0.15) is 30.4 Å². The van der Waals surface area contributed by atoms with Crippen molar-refractivity contribution in [3.8, 4) is 6.07 Å². The highest BCUT2D eigenvalue weighted by Gasteiger charge is 2.38. The van der Waals surface area contributed by atoms with Crippen LogP contribution in [0.25, 0.3) is 0 Å². The zero-order valence-corrected chi connectivity index (χ0v) is 14.8. The molecule has 3 aliphatic heterocycles. The molecule has 0 saturated carbocycles. The van der Waals surface area contributed by atoms with Gasteiger partial charge in [-0.15, -0.1) is 0 Å². The van der Waals surface area contributed by atoms with Crippen molar-refractivity contribution < 1.29 is 4.79 Å². The van der Waals surface area contributed by atoms with Crippen LogP contribution in [0.4, 0.5) is 4.79 Å². The number of carbonyl (C=O) groups excluding carboxylic acids is 1. The van der Waals surface area contributed by atoms with Crippen molar-refractivity contribution in [3.63, 3.8) is 0 Å². The third-order valence-electron chi connectivity index (χ3n) is 5.31. The minimum absolute atomic E-state index is 0.0214. The van der Waals surface area contributed by atoms with Crippen molar-refractivity contribution in [1.29, 1.82) is 5.26 Å². The van der Waals surface area contributed by atoms with Crippen LogP contribution in [-0.4, -0.2) is 58.1 Å². The summed E-state index contributed by atoms with van der Waals surface area (Å²) < 4.78 is 0. The largest absolute Gasteiger partial charge is 0.355 e. The molecule has 3 aliphatic rings. The molecule has 2 fully saturated rings. The molecule has 4 rings (SSSR count). The van der Waals surface area contributed by atoms with Crippen LogP contribution in [0.3, 0.4) is 0 Å². The van der Waals surface area contributed by atoms with Crippen molar-refractivity contribution >= 4 is 6.03 Å². The maximum absolute atomic E-state index is 13.2. The lowest BCUT2D eigenvalue weighted by molar-refractivity contribution is 0.0448. The van der Waals surface area contributed by atoms with E-state index in [-0.39, 0.29) is 12.1 Å². The van der Waals surface area contributed by atoms with Crippen molar-refractivity contribution in [3.05, 3.63) is 47.4 Å². The number of carbonyl (C=O) groups is 1. The summed E-state index contributed by atoms with van der Waals surface area (Å²) in [5.41, 5.74) is 7.65. The molecule has 0 bridgehead atoms. The van der Waals surface area contributed by atoms with Gasteiger partial charge in [0.1, 0.15) is 5.82 Å². The van der Waals surface area contributed by atoms with E-state index in [1.807, 2.05) is 23.2 Å². The summed E-state index contributed by atoms with van der Waals surface area (Å²) in [6, 6.07) is 9.82. The Balaban J connectivity index is 1.68. The summed E-state index contributed by atoms with van der Waals surface area (Å²) in [6.45, 7) is 3.64. The molecule has 0 aliphatic carbocycles. The number of benzene rings is 1. The molecule has 0 spiro atoms. The number of urea groups is 1. The average Bonchev–Trinajstić information content (AvgIpc) is 3.13. The molecular formula is C19H24N6O. The highest BCUT2D eigenvalue weighted by Crippen LogP contribution is 2.29. The Bertz CT molecular complexity index is 770. The first kappa shape index (κ1) is 16.7. The fourth-order valence-corrected chi connectivity index (χ4v) is 3.97. The van der Waals surface area contributed by atoms with E-state index in [1.54, 1.807) is 16.0 Å². The highest BCUT2D eigenvalue weighted by atomic mass is 16.2. The van der Waals surface area contributed by atoms with Gasteiger partial charge in [0.05, 0.1) is 24.4 Å². The van der Waals surface area contributed by atoms with E-state index in [0.29, 0.717) is 12.1 Å². The Morgan fingerprint density at radius 3 is 2.85 bits per heavy atom. The number of nitriles is 1. The molecule has 0 radical (unpaired) electrons. The Morgan fingerprint density at radius 1 is 1.19 bits per heavy atom. The van der Waals surface area contributed by atoms with Gasteiger partial charge >= 0.3 is 6.03 Å². The summed E-state index contributed by atoms with van der Waals surface area (Å²) in [5.74, 6) is 0.899. The third-order valence-corrected chi connectivity index (χ3v) is 5.31. The molecule has 3 heterocycles. The van der Waals surface area contributed by atoms with Gasteiger partial charge < -0.3 is 10.6 Å². The number of rotatable bonds is 3. The molecule has 1 aromatic rings. The number of nitrogens with zero attached hydrogens (tertiary/aromatic N) is 5. The van der Waals surface area contributed by atoms with Gasteiger partial charge in [0.25, 0.3) is 0 Å². The first-order valence-corrected chi connectivity index (χ1v) is 9.23. The second-order valence-corrected chi connectivity index (χ2v) is 7.11. The summed E-state index contributed by atoms with van der Waals surface area (Å²) in [5, 5.41) is 13.2. The van der Waals surface area contributed by atoms with Crippen molar-refractivity contribution in [2.75, 3.05) is 26.2 Å². The molecule has 2 amide bonds. The molecule has 136 valence electrons. The molecule has 26 heavy (non-hydrogen) atoms. The molecule has 2 saturated heterocycles. The van der Waals surface area contributed by atoms with Gasteiger partial charge in [-0.2, -0.15) is 5.26 Å². The number of fused-ring (bicyclic) bond motifs is 1. The van der Waals surface area contributed by atoms with Gasteiger partial charge in [0, 0.05) is 32.2 Å². The maximum Gasteiger partial charge on any atom is 0.344 e. The van der Waals surface area contributed by atoms with Crippen molar-refractivity contribution in [2.24, 2.45) is 5.73 Å². The van der Waals surface area contributed by atoms with E-state index in [0.717, 1.165) is 56.8 Å². The number of amides is 2. The first-order chi connectivity index (χ1) is 12.7. The monoisotopic (exact) mass is 352 g/mol. The van der Waals surface area contributed by atoms with E-state index in [2.05, 4.69) is 17.2 Å². The average molecular weight is 352 g/mol. The maximum atomic E-state index is 13.2. The summed E-state index contributed by atoms with van der Waals surface area (Å²) in [6.07, 6.45) is 5.09. The lowest BCUT2D eigenvalue weighted by atomic mass is 10.1. The molecule has 0 aromatic heterocycles. The number of piperidine rings is 1. The Kier molecular flexibility index (Phi) is 4.43. The Hall–Kier alpha value is -2.72. The summed E-state index contributed by atoms with van der Waals surface area (Å²) in [7, 11) is 0. The molecule has 1 aromatic carbocycles. The SMILES string of the molecule is N#Cc1ccccc1CN1C(=O)N2CCCN2C=C1N1CCCC(N)C1. The fourth-order valence-electron chi connectivity index (χ4n) is 3.97. The number of hydrogen-bond donors (Lipinski definition) is 1. The molecule has 7 heteroatoms. The Labute approximate surface area is 153 Å². The number of likely N-dealkylation sites (tertiary alicyclic amines) is 1. The van der Waals surface area contributed by atoms with Crippen LogP contribution < -0.4 is 5.73 Å². The zero-order chi connectivity index (χ0) is 18.1. The quantitative estimate of drug-likeness (QED) is 0.894. The standard InChI is InChI=1S/C19H24N6O/c20-11-15-5-1-2-6-16(15)12-24-18(22-8-3-7-17(21)13-22)14-23-9-4-10-25(23)19(24)26/h1-2,5-6,14,17H,3-4,7-10,12-13,21H2. The summed E-state index contributed by atoms with van der Waals surface area (Å²) in [4.78, 5) is 17.2. The van der Waals surface area contributed by atoms with Crippen LogP contribution in [0, 0.1) is 11.3 Å². The second kappa shape index (κ2) is 6.89. The molecule has 7 nitrogen and oxygen atoms in total. The van der Waals surface area contributed by atoms with E-state index < -0.39 is 0 Å². The number of nitrogens with two attached hydrogens (primary N) is 1. The van der Waals surface area contributed by atoms with Gasteiger partial charge in [0.2, 0.25) is 0 Å². The highest BCUT2D eigenvalue weighted by molar-refractivity contribution is 5.77. The van der Waals surface area contributed by atoms with Crippen LogP contribution in [-0.2, 0) is 6.54 Å². The second-order valence-electron chi connectivity index (χ2n) is 7.11. The Morgan fingerprint density at radius 2 is 2.04 bits per heavy atom. The van der Waals surface area contributed by atoms with Crippen LogP contribution in [0.2, 0.25) is 0 Å².